The minimum Gasteiger partial charge on any atom is -0.342 e. The quantitative estimate of drug-likeness (QED) is 0.617. The summed E-state index contributed by atoms with van der Waals surface area (Å²) in [5, 5.41) is 24.1. The predicted molar refractivity (Wildman–Crippen MR) is 124 cm³/mol. The van der Waals surface area contributed by atoms with Crippen molar-refractivity contribution in [1.82, 2.24) is 29.7 Å². The van der Waals surface area contributed by atoms with Crippen molar-refractivity contribution < 1.29 is 4.79 Å². The second-order valence-corrected chi connectivity index (χ2v) is 9.38. The van der Waals surface area contributed by atoms with Gasteiger partial charge in [0, 0.05) is 44.1 Å². The molecule has 0 aromatic carbocycles. The zero-order valence-corrected chi connectivity index (χ0v) is 19.1. The van der Waals surface area contributed by atoms with E-state index in [9.17, 15) is 4.79 Å². The van der Waals surface area contributed by atoms with Crippen LogP contribution in [-0.4, -0.2) is 61.8 Å². The zero-order valence-electron chi connectivity index (χ0n) is 19.1. The van der Waals surface area contributed by atoms with Crippen molar-refractivity contribution >= 4 is 29.0 Å². The van der Waals surface area contributed by atoms with Crippen molar-refractivity contribution in [1.29, 1.82) is 5.26 Å². The molecule has 0 radical (unpaired) electrons. The number of hydrogen-bond acceptors (Lipinski definition) is 7. The Morgan fingerprint density at radius 3 is 2.94 bits per heavy atom. The number of anilines is 3. The standard InChI is InChI=1S/C23H29N9O/c1-16-14-19(28-27-16)25-21-18-4-3-11-32(18)29-22(26-21)31-12-8-23(9-13-31)7-5-17(15-23)30(2)20(33)6-10-24/h3-4,11,14,17H,5-9,12-13,15H2,1-2H3,(H2,25,26,27,28,29). The van der Waals surface area contributed by atoms with Crippen LogP contribution < -0.4 is 10.2 Å². The van der Waals surface area contributed by atoms with Crippen LogP contribution in [0.2, 0.25) is 0 Å². The number of piperidine rings is 1. The first kappa shape index (κ1) is 21.2. The van der Waals surface area contributed by atoms with Crippen LogP contribution in [0.4, 0.5) is 17.6 Å². The van der Waals surface area contributed by atoms with Crippen LogP contribution in [0.3, 0.4) is 0 Å². The molecule has 3 aromatic heterocycles. The number of aryl methyl sites for hydroxylation is 1. The molecule has 1 saturated heterocycles. The third-order valence-corrected chi connectivity index (χ3v) is 7.29. The number of aromatic amines is 1. The second-order valence-electron chi connectivity index (χ2n) is 9.38. The molecule has 5 rings (SSSR count). The smallest absolute Gasteiger partial charge is 0.245 e. The minimum atomic E-state index is -0.0717. The van der Waals surface area contributed by atoms with Crippen LogP contribution in [0.5, 0.6) is 0 Å². The van der Waals surface area contributed by atoms with Gasteiger partial charge in [-0.2, -0.15) is 15.3 Å². The summed E-state index contributed by atoms with van der Waals surface area (Å²) in [6.45, 7) is 3.73. The van der Waals surface area contributed by atoms with Crippen molar-refractivity contribution in [3.05, 3.63) is 30.1 Å². The molecule has 172 valence electrons. The average molecular weight is 448 g/mol. The highest BCUT2D eigenvalue weighted by Crippen LogP contribution is 2.48. The lowest BCUT2D eigenvalue weighted by atomic mass is 9.77. The number of aromatic nitrogens is 5. The fourth-order valence-corrected chi connectivity index (χ4v) is 5.29. The molecule has 1 saturated carbocycles. The van der Waals surface area contributed by atoms with Gasteiger partial charge in [0.1, 0.15) is 11.9 Å². The Balaban J connectivity index is 1.29. The van der Waals surface area contributed by atoms with Crippen molar-refractivity contribution in [2.75, 3.05) is 30.4 Å². The number of nitrogens with zero attached hydrogens (tertiary/aromatic N) is 7. The fraction of sp³-hybridized carbons (Fsp3) is 0.522. The third-order valence-electron chi connectivity index (χ3n) is 7.29. The van der Waals surface area contributed by atoms with E-state index < -0.39 is 0 Å². The molecule has 10 heteroatoms. The summed E-state index contributed by atoms with van der Waals surface area (Å²) in [7, 11) is 1.84. The summed E-state index contributed by atoms with van der Waals surface area (Å²) in [4.78, 5) is 21.0. The Labute approximate surface area is 192 Å². The normalized spacial score (nSPS) is 19.7. The number of nitrogens with one attached hydrogen (secondary N) is 2. The summed E-state index contributed by atoms with van der Waals surface area (Å²) in [5.41, 5.74) is 2.14. The highest BCUT2D eigenvalue weighted by molar-refractivity contribution is 5.78. The predicted octanol–water partition coefficient (Wildman–Crippen LogP) is 3.02. The van der Waals surface area contributed by atoms with Crippen LogP contribution >= 0.6 is 0 Å². The Bertz CT molecular complexity index is 1200. The number of rotatable bonds is 5. The molecule has 1 unspecified atom stereocenters. The van der Waals surface area contributed by atoms with E-state index in [2.05, 4.69) is 20.4 Å². The van der Waals surface area contributed by atoms with E-state index >= 15 is 0 Å². The molecule has 1 atom stereocenters. The van der Waals surface area contributed by atoms with Gasteiger partial charge in [-0.1, -0.05) is 0 Å². The third kappa shape index (κ3) is 4.11. The Morgan fingerprint density at radius 1 is 1.39 bits per heavy atom. The zero-order chi connectivity index (χ0) is 23.0. The maximum Gasteiger partial charge on any atom is 0.245 e. The lowest BCUT2D eigenvalue weighted by Gasteiger charge is -2.40. The van der Waals surface area contributed by atoms with Gasteiger partial charge in [-0.15, -0.1) is 5.10 Å². The van der Waals surface area contributed by atoms with Gasteiger partial charge in [-0.05, 0) is 56.6 Å². The van der Waals surface area contributed by atoms with E-state index in [0.717, 1.165) is 68.0 Å². The van der Waals surface area contributed by atoms with E-state index in [0.29, 0.717) is 5.95 Å². The lowest BCUT2D eigenvalue weighted by molar-refractivity contribution is -0.130. The first-order valence-corrected chi connectivity index (χ1v) is 11.5. The Morgan fingerprint density at radius 2 is 2.21 bits per heavy atom. The monoisotopic (exact) mass is 447 g/mol. The van der Waals surface area contributed by atoms with E-state index in [1.807, 2.05) is 49.0 Å². The maximum atomic E-state index is 12.2. The molecule has 1 aliphatic heterocycles. The largest absolute Gasteiger partial charge is 0.342 e. The van der Waals surface area contributed by atoms with Gasteiger partial charge in [0.15, 0.2) is 11.6 Å². The molecule has 1 aliphatic carbocycles. The summed E-state index contributed by atoms with van der Waals surface area (Å²) in [6.07, 6.45) is 7.15. The van der Waals surface area contributed by atoms with Crippen molar-refractivity contribution in [2.45, 2.75) is 51.5 Å². The molecule has 2 aliphatic rings. The molecule has 33 heavy (non-hydrogen) atoms. The molecule has 10 nitrogen and oxygen atoms in total. The van der Waals surface area contributed by atoms with Crippen LogP contribution in [0, 0.1) is 23.7 Å². The molecule has 1 amide bonds. The maximum absolute atomic E-state index is 12.2. The lowest BCUT2D eigenvalue weighted by Crippen LogP contribution is -2.41. The molecule has 2 N–H and O–H groups in total. The van der Waals surface area contributed by atoms with Gasteiger partial charge in [0.05, 0.1) is 6.07 Å². The van der Waals surface area contributed by atoms with Crippen molar-refractivity contribution in [3.8, 4) is 6.07 Å². The molecular formula is C23H29N9O. The van der Waals surface area contributed by atoms with Crippen molar-refractivity contribution in [2.24, 2.45) is 5.41 Å². The van der Waals surface area contributed by atoms with E-state index in [1.165, 1.54) is 0 Å². The van der Waals surface area contributed by atoms with Crippen LogP contribution in [-0.2, 0) is 4.79 Å². The summed E-state index contributed by atoms with van der Waals surface area (Å²) in [6, 6.07) is 8.10. The van der Waals surface area contributed by atoms with Crippen LogP contribution in [0.15, 0.2) is 24.4 Å². The first-order valence-electron chi connectivity index (χ1n) is 11.5. The number of carbonyl (C=O) groups is 1. The highest BCUT2D eigenvalue weighted by Gasteiger charge is 2.43. The number of H-pyrrole nitrogens is 1. The Hall–Kier alpha value is -3.61. The molecule has 0 bridgehead atoms. The Kier molecular flexibility index (Phi) is 5.40. The SMILES string of the molecule is Cc1cc(Nc2nc(N3CCC4(CCC(N(C)C(=O)CC#N)C4)CC3)nn3cccc23)n[nH]1. The van der Waals surface area contributed by atoms with Crippen LogP contribution in [0.25, 0.3) is 5.52 Å². The van der Waals surface area contributed by atoms with Crippen LogP contribution in [0.1, 0.15) is 44.2 Å². The summed E-state index contributed by atoms with van der Waals surface area (Å²) in [5.74, 6) is 2.09. The number of hydrogen-bond donors (Lipinski definition) is 2. The number of nitriles is 1. The molecular weight excluding hydrogens is 418 g/mol. The van der Waals surface area contributed by atoms with Gasteiger partial charge >= 0.3 is 0 Å². The first-order chi connectivity index (χ1) is 16.0. The average Bonchev–Trinajstić information content (AvgIpc) is 3.54. The summed E-state index contributed by atoms with van der Waals surface area (Å²) >= 11 is 0. The van der Waals surface area contributed by atoms with Gasteiger partial charge in [-0.3, -0.25) is 9.89 Å². The number of amides is 1. The molecule has 3 aromatic rings. The van der Waals surface area contributed by atoms with E-state index in [4.69, 9.17) is 15.3 Å². The molecule has 2 fully saturated rings. The van der Waals surface area contributed by atoms with E-state index in [1.54, 1.807) is 4.90 Å². The number of fused-ring (bicyclic) bond motifs is 1. The van der Waals surface area contributed by atoms with Gasteiger partial charge < -0.3 is 15.1 Å². The molecule has 4 heterocycles. The number of carbonyl (C=O) groups excluding carboxylic acids is 1. The van der Waals surface area contributed by atoms with Gasteiger partial charge in [-0.25, -0.2) is 4.52 Å². The van der Waals surface area contributed by atoms with E-state index in [-0.39, 0.29) is 23.8 Å². The summed E-state index contributed by atoms with van der Waals surface area (Å²) < 4.78 is 1.86. The highest BCUT2D eigenvalue weighted by atomic mass is 16.2. The minimum absolute atomic E-state index is 0.0405. The second kappa shape index (κ2) is 8.39. The van der Waals surface area contributed by atoms with Crippen molar-refractivity contribution in [3.63, 3.8) is 0 Å². The topological polar surface area (TPSA) is 118 Å². The van der Waals surface area contributed by atoms with Gasteiger partial charge in [0.2, 0.25) is 11.9 Å². The van der Waals surface area contributed by atoms with Gasteiger partial charge in [0.25, 0.3) is 0 Å². The fourth-order valence-electron chi connectivity index (χ4n) is 5.29. The molecule has 1 spiro atoms.